The van der Waals surface area contributed by atoms with E-state index in [4.69, 9.17) is 10.00 Å². The molecular formula is C19H21NO. The van der Waals surface area contributed by atoms with Crippen molar-refractivity contribution in [3.63, 3.8) is 0 Å². The average molecular weight is 279 g/mol. The van der Waals surface area contributed by atoms with Gasteiger partial charge in [-0.05, 0) is 48.1 Å². The first-order valence-corrected chi connectivity index (χ1v) is 7.35. The Morgan fingerprint density at radius 1 is 1.14 bits per heavy atom. The summed E-state index contributed by atoms with van der Waals surface area (Å²) in [6.07, 6.45) is 1.51. The summed E-state index contributed by atoms with van der Waals surface area (Å²) in [4.78, 5) is 0. The molecule has 0 fully saturated rings. The molecule has 2 aromatic carbocycles. The Labute approximate surface area is 127 Å². The van der Waals surface area contributed by atoms with Crippen molar-refractivity contribution in [2.75, 3.05) is 0 Å². The Morgan fingerprint density at radius 3 is 2.57 bits per heavy atom. The highest BCUT2D eigenvalue weighted by atomic mass is 16.5. The number of aryl methyl sites for hydroxylation is 1. The Hall–Kier alpha value is -2.27. The lowest BCUT2D eigenvalue weighted by molar-refractivity contribution is 0.306. The highest BCUT2D eigenvalue weighted by Crippen LogP contribution is 2.27. The van der Waals surface area contributed by atoms with E-state index in [0.29, 0.717) is 18.9 Å². The van der Waals surface area contributed by atoms with Gasteiger partial charge in [0.2, 0.25) is 0 Å². The summed E-state index contributed by atoms with van der Waals surface area (Å²) in [6.45, 7) is 4.86. The van der Waals surface area contributed by atoms with Crippen LogP contribution in [0.4, 0.5) is 0 Å². The van der Waals surface area contributed by atoms with E-state index in [-0.39, 0.29) is 0 Å². The third kappa shape index (κ3) is 4.36. The number of nitrogens with zero attached hydrogens (tertiary/aromatic N) is 1. The molecule has 1 atom stereocenters. The highest BCUT2D eigenvalue weighted by molar-refractivity contribution is 5.37. The van der Waals surface area contributed by atoms with Gasteiger partial charge in [0.05, 0.1) is 6.07 Å². The van der Waals surface area contributed by atoms with E-state index in [9.17, 15) is 0 Å². The van der Waals surface area contributed by atoms with Crippen molar-refractivity contribution in [3.05, 3.63) is 65.2 Å². The SMILES string of the molecule is Cc1cc(OCc2ccccc2)ccc1C(C)CCC#N. The molecule has 0 bridgehead atoms. The Balaban J connectivity index is 2.00. The second kappa shape index (κ2) is 7.50. The summed E-state index contributed by atoms with van der Waals surface area (Å²) in [5.74, 6) is 1.31. The maximum atomic E-state index is 8.68. The quantitative estimate of drug-likeness (QED) is 0.747. The molecule has 2 nitrogen and oxygen atoms in total. The molecule has 0 spiro atoms. The van der Waals surface area contributed by atoms with Gasteiger partial charge in [-0.3, -0.25) is 0 Å². The van der Waals surface area contributed by atoms with Gasteiger partial charge in [-0.25, -0.2) is 0 Å². The molecule has 0 aliphatic carbocycles. The van der Waals surface area contributed by atoms with E-state index in [1.165, 1.54) is 16.7 Å². The standard InChI is InChI=1S/C19H21NO/c1-15(7-6-12-20)19-11-10-18(13-16(19)2)21-14-17-8-4-3-5-9-17/h3-5,8-11,13,15H,6-7,14H2,1-2H3. The second-order valence-electron chi connectivity index (χ2n) is 5.39. The zero-order chi connectivity index (χ0) is 15.1. The van der Waals surface area contributed by atoms with Crippen LogP contribution in [0.15, 0.2) is 48.5 Å². The van der Waals surface area contributed by atoms with Gasteiger partial charge in [-0.15, -0.1) is 0 Å². The molecule has 0 aliphatic heterocycles. The lowest BCUT2D eigenvalue weighted by Crippen LogP contribution is -1.99. The van der Waals surface area contributed by atoms with Crippen molar-refractivity contribution in [2.24, 2.45) is 0 Å². The topological polar surface area (TPSA) is 33.0 Å². The normalized spacial score (nSPS) is 11.7. The number of rotatable bonds is 6. The molecular weight excluding hydrogens is 258 g/mol. The fraction of sp³-hybridized carbons (Fsp3) is 0.316. The van der Waals surface area contributed by atoms with Gasteiger partial charge in [0.1, 0.15) is 12.4 Å². The third-order valence-electron chi connectivity index (χ3n) is 3.71. The van der Waals surface area contributed by atoms with Gasteiger partial charge in [0.25, 0.3) is 0 Å². The van der Waals surface area contributed by atoms with Gasteiger partial charge < -0.3 is 4.74 Å². The lowest BCUT2D eigenvalue weighted by atomic mass is 9.92. The number of hydrogen-bond acceptors (Lipinski definition) is 2. The Morgan fingerprint density at radius 2 is 1.90 bits per heavy atom. The number of ether oxygens (including phenoxy) is 1. The van der Waals surface area contributed by atoms with Gasteiger partial charge in [0, 0.05) is 6.42 Å². The van der Waals surface area contributed by atoms with Crippen LogP contribution in [0.3, 0.4) is 0 Å². The van der Waals surface area contributed by atoms with Crippen molar-refractivity contribution in [2.45, 2.75) is 39.2 Å². The van der Waals surface area contributed by atoms with E-state index in [1.54, 1.807) is 0 Å². The smallest absolute Gasteiger partial charge is 0.120 e. The van der Waals surface area contributed by atoms with Crippen molar-refractivity contribution < 1.29 is 4.74 Å². The molecule has 108 valence electrons. The minimum absolute atomic E-state index is 0.410. The van der Waals surface area contributed by atoms with E-state index in [2.05, 4.69) is 44.2 Å². The van der Waals surface area contributed by atoms with Gasteiger partial charge in [-0.2, -0.15) is 5.26 Å². The van der Waals surface area contributed by atoms with Crippen LogP contribution in [0.25, 0.3) is 0 Å². The summed E-state index contributed by atoms with van der Waals surface area (Å²) in [7, 11) is 0. The van der Waals surface area contributed by atoms with Crippen LogP contribution < -0.4 is 4.74 Å². The fourth-order valence-electron chi connectivity index (χ4n) is 2.47. The lowest BCUT2D eigenvalue weighted by Gasteiger charge is -2.15. The highest BCUT2D eigenvalue weighted by Gasteiger charge is 2.09. The minimum Gasteiger partial charge on any atom is -0.489 e. The zero-order valence-corrected chi connectivity index (χ0v) is 12.7. The molecule has 2 heteroatoms. The van der Waals surface area contributed by atoms with E-state index in [1.807, 2.05) is 24.3 Å². The first-order valence-electron chi connectivity index (χ1n) is 7.35. The van der Waals surface area contributed by atoms with Crippen LogP contribution in [0.5, 0.6) is 5.75 Å². The zero-order valence-electron chi connectivity index (χ0n) is 12.7. The van der Waals surface area contributed by atoms with Crippen LogP contribution in [-0.4, -0.2) is 0 Å². The van der Waals surface area contributed by atoms with Gasteiger partial charge in [-0.1, -0.05) is 43.3 Å². The van der Waals surface area contributed by atoms with Crippen molar-refractivity contribution in [1.29, 1.82) is 5.26 Å². The molecule has 0 heterocycles. The number of benzene rings is 2. The molecule has 2 rings (SSSR count). The van der Waals surface area contributed by atoms with Crippen LogP contribution >= 0.6 is 0 Å². The average Bonchev–Trinajstić information content (AvgIpc) is 2.51. The molecule has 0 aliphatic rings. The molecule has 0 saturated carbocycles. The third-order valence-corrected chi connectivity index (χ3v) is 3.71. The molecule has 0 aromatic heterocycles. The Kier molecular flexibility index (Phi) is 5.40. The number of hydrogen-bond donors (Lipinski definition) is 0. The molecule has 0 radical (unpaired) electrons. The molecule has 0 saturated heterocycles. The van der Waals surface area contributed by atoms with Crippen LogP contribution in [0.2, 0.25) is 0 Å². The van der Waals surface area contributed by atoms with Crippen molar-refractivity contribution >= 4 is 0 Å². The summed E-state index contributed by atoms with van der Waals surface area (Å²) >= 11 is 0. The van der Waals surface area contributed by atoms with Crippen LogP contribution in [-0.2, 0) is 6.61 Å². The monoisotopic (exact) mass is 279 g/mol. The Bertz CT molecular complexity index is 613. The van der Waals surface area contributed by atoms with Crippen LogP contribution in [0, 0.1) is 18.3 Å². The summed E-state index contributed by atoms with van der Waals surface area (Å²) in [5, 5.41) is 8.68. The minimum atomic E-state index is 0.410. The van der Waals surface area contributed by atoms with Crippen LogP contribution in [0.1, 0.15) is 42.4 Å². The molecule has 21 heavy (non-hydrogen) atoms. The molecule has 0 amide bonds. The molecule has 0 N–H and O–H groups in total. The predicted molar refractivity (Wildman–Crippen MR) is 85.2 cm³/mol. The maximum Gasteiger partial charge on any atom is 0.120 e. The largest absolute Gasteiger partial charge is 0.489 e. The first-order chi connectivity index (χ1) is 10.2. The summed E-state index contributed by atoms with van der Waals surface area (Å²) in [6, 6.07) is 18.6. The van der Waals surface area contributed by atoms with E-state index >= 15 is 0 Å². The summed E-state index contributed by atoms with van der Waals surface area (Å²) in [5.41, 5.74) is 3.70. The predicted octanol–water partition coefficient (Wildman–Crippen LogP) is 4.98. The van der Waals surface area contributed by atoms with Crippen molar-refractivity contribution in [3.8, 4) is 11.8 Å². The van der Waals surface area contributed by atoms with Gasteiger partial charge in [0.15, 0.2) is 0 Å². The first kappa shape index (κ1) is 15.1. The molecule has 1 unspecified atom stereocenters. The summed E-state index contributed by atoms with van der Waals surface area (Å²) < 4.78 is 5.84. The van der Waals surface area contributed by atoms with Gasteiger partial charge >= 0.3 is 0 Å². The van der Waals surface area contributed by atoms with E-state index < -0.39 is 0 Å². The maximum absolute atomic E-state index is 8.68. The second-order valence-corrected chi connectivity index (χ2v) is 5.39. The fourth-order valence-corrected chi connectivity index (χ4v) is 2.47. The van der Waals surface area contributed by atoms with Crippen molar-refractivity contribution in [1.82, 2.24) is 0 Å². The number of nitriles is 1. The molecule has 2 aromatic rings. The van der Waals surface area contributed by atoms with E-state index in [0.717, 1.165) is 12.2 Å².